The molecule has 0 N–H and O–H groups in total. The molecule has 1 aliphatic heterocycles. The molecule has 0 saturated heterocycles. The number of ether oxygens (including phenoxy) is 1. The van der Waals surface area contributed by atoms with E-state index in [1.165, 1.54) is 51.4 Å². The summed E-state index contributed by atoms with van der Waals surface area (Å²) in [6.45, 7) is 5.23. The number of nitrogens with zero attached hydrogens (tertiary/aromatic N) is 1. The predicted molar refractivity (Wildman–Crippen MR) is 65.5 cm³/mol. The van der Waals surface area contributed by atoms with Crippen LogP contribution in [0, 0.1) is 0 Å². The predicted octanol–water partition coefficient (Wildman–Crippen LogP) is 3.94. The second-order valence-corrected chi connectivity index (χ2v) is 4.91. The van der Waals surface area contributed by atoms with Crippen LogP contribution in [0.5, 0.6) is 0 Å². The highest BCUT2D eigenvalue weighted by molar-refractivity contribution is 5.50. The Hall–Kier alpha value is -0.530. The van der Waals surface area contributed by atoms with E-state index in [4.69, 9.17) is 4.74 Å². The van der Waals surface area contributed by atoms with Gasteiger partial charge in [0.2, 0.25) is 0 Å². The first kappa shape index (κ1) is 12.5. The molecule has 0 bridgehead atoms. The maximum absolute atomic E-state index is 5.18. The molecule has 1 rings (SSSR count). The molecule has 1 atom stereocenters. The monoisotopic (exact) mass is 211 g/mol. The van der Waals surface area contributed by atoms with Crippen LogP contribution in [-0.4, -0.2) is 18.5 Å². The molecule has 15 heavy (non-hydrogen) atoms. The lowest BCUT2D eigenvalue weighted by Gasteiger charge is -2.17. The van der Waals surface area contributed by atoms with Crippen molar-refractivity contribution in [2.24, 2.45) is 4.99 Å². The van der Waals surface area contributed by atoms with Gasteiger partial charge in [-0.25, -0.2) is 4.99 Å². The van der Waals surface area contributed by atoms with Crippen molar-refractivity contribution >= 4 is 6.40 Å². The van der Waals surface area contributed by atoms with Gasteiger partial charge in [-0.05, 0) is 13.3 Å². The van der Waals surface area contributed by atoms with Gasteiger partial charge in [0.05, 0.1) is 5.54 Å². The maximum Gasteiger partial charge on any atom is 0.170 e. The average molecular weight is 211 g/mol. The normalized spacial score (nSPS) is 24.4. The summed E-state index contributed by atoms with van der Waals surface area (Å²) in [4.78, 5) is 4.37. The Morgan fingerprint density at radius 2 is 1.80 bits per heavy atom. The van der Waals surface area contributed by atoms with E-state index in [1.54, 1.807) is 6.40 Å². The number of rotatable bonds is 8. The topological polar surface area (TPSA) is 21.6 Å². The molecule has 0 radical (unpaired) electrons. The van der Waals surface area contributed by atoms with Crippen molar-refractivity contribution in [3.05, 3.63) is 0 Å². The zero-order chi connectivity index (χ0) is 11.0. The minimum absolute atomic E-state index is 0.0867. The van der Waals surface area contributed by atoms with Crippen molar-refractivity contribution in [1.29, 1.82) is 0 Å². The summed E-state index contributed by atoms with van der Waals surface area (Å²) in [7, 11) is 0. The van der Waals surface area contributed by atoms with Gasteiger partial charge in [-0.2, -0.15) is 0 Å². The molecule has 0 aromatic rings. The smallest absolute Gasteiger partial charge is 0.170 e. The van der Waals surface area contributed by atoms with Crippen LogP contribution in [0.3, 0.4) is 0 Å². The summed E-state index contributed by atoms with van der Waals surface area (Å²) in [5.41, 5.74) is 0.0867. The van der Waals surface area contributed by atoms with Gasteiger partial charge in [0, 0.05) is 0 Å². The van der Waals surface area contributed by atoms with Crippen LogP contribution < -0.4 is 0 Å². The molecule has 0 fully saturated rings. The molecule has 1 heterocycles. The van der Waals surface area contributed by atoms with Gasteiger partial charge in [-0.1, -0.05) is 51.9 Å². The molecule has 0 aromatic carbocycles. The molecular weight excluding hydrogens is 186 g/mol. The van der Waals surface area contributed by atoms with E-state index < -0.39 is 0 Å². The fraction of sp³-hybridized carbons (Fsp3) is 0.923. The lowest BCUT2D eigenvalue weighted by Crippen LogP contribution is -2.23. The lowest BCUT2D eigenvalue weighted by atomic mass is 9.96. The SMILES string of the molecule is CCCCCCCCCC1(C)COC=N1. The van der Waals surface area contributed by atoms with Crippen LogP contribution in [0.25, 0.3) is 0 Å². The highest BCUT2D eigenvalue weighted by atomic mass is 16.5. The van der Waals surface area contributed by atoms with Crippen LogP contribution >= 0.6 is 0 Å². The largest absolute Gasteiger partial charge is 0.481 e. The van der Waals surface area contributed by atoms with Crippen molar-refractivity contribution in [3.63, 3.8) is 0 Å². The van der Waals surface area contributed by atoms with Crippen molar-refractivity contribution in [2.75, 3.05) is 6.61 Å². The molecule has 2 nitrogen and oxygen atoms in total. The number of aliphatic imine (C=N–C) groups is 1. The molecule has 0 amide bonds. The van der Waals surface area contributed by atoms with E-state index in [1.807, 2.05) is 0 Å². The number of unbranched alkanes of at least 4 members (excludes halogenated alkanes) is 6. The maximum atomic E-state index is 5.18. The van der Waals surface area contributed by atoms with Gasteiger partial charge in [-0.15, -0.1) is 0 Å². The quantitative estimate of drug-likeness (QED) is 0.557. The zero-order valence-electron chi connectivity index (χ0n) is 10.3. The van der Waals surface area contributed by atoms with E-state index in [2.05, 4.69) is 18.8 Å². The minimum Gasteiger partial charge on any atom is -0.481 e. The van der Waals surface area contributed by atoms with E-state index in [0.29, 0.717) is 0 Å². The molecule has 0 spiro atoms. The molecule has 0 aliphatic carbocycles. The Bertz CT molecular complexity index is 191. The second kappa shape index (κ2) is 6.86. The molecule has 88 valence electrons. The summed E-state index contributed by atoms with van der Waals surface area (Å²) >= 11 is 0. The van der Waals surface area contributed by atoms with Crippen LogP contribution in [0.1, 0.15) is 65.2 Å². The third-order valence-corrected chi connectivity index (χ3v) is 3.15. The first-order valence-electron chi connectivity index (χ1n) is 6.42. The number of hydrogen-bond donors (Lipinski definition) is 0. The molecular formula is C13H25NO. The summed E-state index contributed by atoms with van der Waals surface area (Å²) in [5, 5.41) is 0. The minimum atomic E-state index is 0.0867. The number of hydrogen-bond acceptors (Lipinski definition) is 2. The van der Waals surface area contributed by atoms with Crippen LogP contribution in [0.4, 0.5) is 0 Å². The summed E-state index contributed by atoms with van der Waals surface area (Å²) in [6.07, 6.45) is 12.4. The molecule has 1 aliphatic rings. The van der Waals surface area contributed by atoms with Crippen molar-refractivity contribution in [1.82, 2.24) is 0 Å². The Labute approximate surface area is 94.1 Å². The van der Waals surface area contributed by atoms with E-state index in [-0.39, 0.29) is 5.54 Å². The average Bonchev–Trinajstić information content (AvgIpc) is 2.64. The third kappa shape index (κ3) is 5.19. The van der Waals surface area contributed by atoms with E-state index in [9.17, 15) is 0 Å². The first-order valence-corrected chi connectivity index (χ1v) is 6.42. The van der Waals surface area contributed by atoms with Crippen molar-refractivity contribution in [3.8, 4) is 0 Å². The van der Waals surface area contributed by atoms with Gasteiger partial charge >= 0.3 is 0 Å². The van der Waals surface area contributed by atoms with Crippen LogP contribution in [0.2, 0.25) is 0 Å². The fourth-order valence-electron chi connectivity index (χ4n) is 2.02. The van der Waals surface area contributed by atoms with Gasteiger partial charge in [-0.3, -0.25) is 0 Å². The summed E-state index contributed by atoms with van der Waals surface area (Å²) < 4.78 is 5.18. The zero-order valence-corrected chi connectivity index (χ0v) is 10.3. The third-order valence-electron chi connectivity index (χ3n) is 3.15. The molecule has 2 heteroatoms. The van der Waals surface area contributed by atoms with Gasteiger partial charge in [0.25, 0.3) is 0 Å². The lowest BCUT2D eigenvalue weighted by molar-refractivity contribution is 0.259. The second-order valence-electron chi connectivity index (χ2n) is 4.91. The van der Waals surface area contributed by atoms with Crippen LogP contribution in [-0.2, 0) is 4.74 Å². The Morgan fingerprint density at radius 1 is 1.13 bits per heavy atom. The molecule has 0 saturated carbocycles. The fourth-order valence-corrected chi connectivity index (χ4v) is 2.02. The van der Waals surface area contributed by atoms with E-state index >= 15 is 0 Å². The van der Waals surface area contributed by atoms with Gasteiger partial charge in [0.1, 0.15) is 6.61 Å². The highest BCUT2D eigenvalue weighted by Crippen LogP contribution is 2.23. The highest BCUT2D eigenvalue weighted by Gasteiger charge is 2.26. The van der Waals surface area contributed by atoms with Crippen molar-refractivity contribution in [2.45, 2.75) is 70.8 Å². The van der Waals surface area contributed by atoms with E-state index in [0.717, 1.165) is 6.61 Å². The summed E-state index contributed by atoms with van der Waals surface area (Å²) in [6, 6.07) is 0. The summed E-state index contributed by atoms with van der Waals surface area (Å²) in [5.74, 6) is 0. The molecule has 1 unspecified atom stereocenters. The Kier molecular flexibility index (Phi) is 5.74. The Morgan fingerprint density at radius 3 is 2.40 bits per heavy atom. The first-order chi connectivity index (χ1) is 7.27. The van der Waals surface area contributed by atoms with Gasteiger partial charge < -0.3 is 4.74 Å². The Balaban J connectivity index is 1.90. The van der Waals surface area contributed by atoms with Crippen LogP contribution in [0.15, 0.2) is 4.99 Å². The standard InChI is InChI=1S/C13H25NO/c1-3-4-5-6-7-8-9-10-13(2)11-15-12-14-13/h12H,3-11H2,1-2H3. The van der Waals surface area contributed by atoms with Gasteiger partial charge in [0.15, 0.2) is 6.40 Å². The van der Waals surface area contributed by atoms with Crippen molar-refractivity contribution < 1.29 is 4.74 Å². The molecule has 0 aromatic heterocycles.